The molecular formula is C12H17F3N4. The van der Waals surface area contributed by atoms with E-state index in [9.17, 15) is 13.2 Å². The van der Waals surface area contributed by atoms with Crippen molar-refractivity contribution in [3.05, 3.63) is 11.9 Å². The van der Waals surface area contributed by atoms with Crippen molar-refractivity contribution in [3.63, 3.8) is 0 Å². The Labute approximate surface area is 109 Å². The summed E-state index contributed by atoms with van der Waals surface area (Å²) in [5.74, 6) is -0.534. The number of nitrogens with zero attached hydrogens (tertiary/aromatic N) is 2. The van der Waals surface area contributed by atoms with Crippen molar-refractivity contribution in [3.8, 4) is 0 Å². The summed E-state index contributed by atoms with van der Waals surface area (Å²) in [6, 6.07) is 1.47. The van der Waals surface area contributed by atoms with Crippen LogP contribution in [0.25, 0.3) is 0 Å². The highest BCUT2D eigenvalue weighted by Crippen LogP contribution is 2.35. The smallest absolute Gasteiger partial charge is 0.384 e. The third-order valence-corrected chi connectivity index (χ3v) is 3.16. The molecule has 19 heavy (non-hydrogen) atoms. The van der Waals surface area contributed by atoms with Crippen LogP contribution in [0.2, 0.25) is 0 Å². The number of anilines is 2. The van der Waals surface area contributed by atoms with Crippen LogP contribution in [0, 0.1) is 5.92 Å². The number of rotatable bonds is 5. The number of nitrogen functional groups attached to an aromatic ring is 1. The van der Waals surface area contributed by atoms with E-state index < -0.39 is 12.0 Å². The summed E-state index contributed by atoms with van der Waals surface area (Å²) in [5.41, 5.74) is 5.40. The number of aromatic nitrogens is 2. The van der Waals surface area contributed by atoms with Crippen molar-refractivity contribution < 1.29 is 13.2 Å². The number of hydrogen-bond donors (Lipinski definition) is 2. The van der Waals surface area contributed by atoms with Gasteiger partial charge in [0.15, 0.2) is 0 Å². The topological polar surface area (TPSA) is 63.8 Å². The molecule has 0 saturated heterocycles. The maximum absolute atomic E-state index is 12.6. The van der Waals surface area contributed by atoms with Gasteiger partial charge in [0.25, 0.3) is 0 Å². The minimum atomic E-state index is -4.58. The van der Waals surface area contributed by atoms with Crippen LogP contribution >= 0.6 is 0 Å². The summed E-state index contributed by atoms with van der Waals surface area (Å²) in [4.78, 5) is 6.71. The van der Waals surface area contributed by atoms with E-state index >= 15 is 0 Å². The Morgan fingerprint density at radius 1 is 1.42 bits per heavy atom. The van der Waals surface area contributed by atoms with Gasteiger partial charge < -0.3 is 11.1 Å². The fourth-order valence-electron chi connectivity index (χ4n) is 1.96. The van der Waals surface area contributed by atoms with Crippen LogP contribution in [0.1, 0.15) is 38.4 Å². The molecular weight excluding hydrogens is 257 g/mol. The molecule has 0 aromatic carbocycles. The maximum Gasteiger partial charge on any atom is 0.451 e. The Bertz CT molecular complexity index is 443. The molecule has 1 aliphatic rings. The second-order valence-electron chi connectivity index (χ2n) is 4.93. The van der Waals surface area contributed by atoms with Crippen molar-refractivity contribution >= 4 is 11.6 Å². The van der Waals surface area contributed by atoms with Crippen LogP contribution in [0.3, 0.4) is 0 Å². The molecule has 0 amide bonds. The molecule has 2 rings (SSSR count). The third-order valence-electron chi connectivity index (χ3n) is 3.16. The van der Waals surface area contributed by atoms with Gasteiger partial charge in [0, 0.05) is 12.1 Å². The molecule has 4 nitrogen and oxygen atoms in total. The van der Waals surface area contributed by atoms with Gasteiger partial charge in [-0.1, -0.05) is 19.8 Å². The standard InChI is InChI=1S/C12H17F3N4/c1-2-8(5-7-3-4-7)17-10-6-9(16)18-11(19-10)12(13,14)15/h6-8H,2-5H2,1H3,(H3,16,17,18,19). The van der Waals surface area contributed by atoms with Gasteiger partial charge in [0.1, 0.15) is 11.6 Å². The largest absolute Gasteiger partial charge is 0.451 e. The molecule has 3 N–H and O–H groups in total. The maximum atomic E-state index is 12.6. The van der Waals surface area contributed by atoms with Crippen molar-refractivity contribution in [1.82, 2.24) is 9.97 Å². The van der Waals surface area contributed by atoms with E-state index in [0.29, 0.717) is 5.92 Å². The SMILES string of the molecule is CCC(CC1CC1)Nc1cc(N)nc(C(F)(F)F)n1. The quantitative estimate of drug-likeness (QED) is 0.866. The predicted molar refractivity (Wildman–Crippen MR) is 66.5 cm³/mol. The summed E-state index contributed by atoms with van der Waals surface area (Å²) in [7, 11) is 0. The normalized spacial score (nSPS) is 17.3. The Morgan fingerprint density at radius 3 is 2.63 bits per heavy atom. The van der Waals surface area contributed by atoms with Crippen LogP contribution in [-0.2, 0) is 6.18 Å². The Balaban J connectivity index is 2.11. The lowest BCUT2D eigenvalue weighted by molar-refractivity contribution is -0.144. The highest BCUT2D eigenvalue weighted by atomic mass is 19.4. The lowest BCUT2D eigenvalue weighted by Crippen LogP contribution is -2.22. The Hall–Kier alpha value is -1.53. The van der Waals surface area contributed by atoms with Crippen molar-refractivity contribution in [1.29, 1.82) is 0 Å². The van der Waals surface area contributed by atoms with Gasteiger partial charge in [-0.15, -0.1) is 0 Å². The van der Waals surface area contributed by atoms with E-state index in [1.807, 2.05) is 6.92 Å². The van der Waals surface area contributed by atoms with Gasteiger partial charge in [0.2, 0.25) is 5.82 Å². The second kappa shape index (κ2) is 5.22. The highest BCUT2D eigenvalue weighted by molar-refractivity contribution is 5.45. The lowest BCUT2D eigenvalue weighted by Gasteiger charge is -2.18. The molecule has 7 heteroatoms. The van der Waals surface area contributed by atoms with E-state index in [-0.39, 0.29) is 17.7 Å². The van der Waals surface area contributed by atoms with Crippen molar-refractivity contribution in [2.45, 2.75) is 44.8 Å². The van der Waals surface area contributed by atoms with Crippen molar-refractivity contribution in [2.75, 3.05) is 11.1 Å². The molecule has 1 aromatic rings. The van der Waals surface area contributed by atoms with Crippen LogP contribution < -0.4 is 11.1 Å². The van der Waals surface area contributed by atoms with Crippen LogP contribution in [-0.4, -0.2) is 16.0 Å². The fourth-order valence-corrected chi connectivity index (χ4v) is 1.96. The monoisotopic (exact) mass is 274 g/mol. The van der Waals surface area contributed by atoms with Gasteiger partial charge in [-0.05, 0) is 18.8 Å². The summed E-state index contributed by atoms with van der Waals surface area (Å²) < 4.78 is 37.7. The molecule has 1 unspecified atom stereocenters. The van der Waals surface area contributed by atoms with E-state index in [4.69, 9.17) is 5.73 Å². The number of nitrogens with one attached hydrogen (secondary N) is 1. The number of nitrogens with two attached hydrogens (primary N) is 1. The van der Waals surface area contributed by atoms with Gasteiger partial charge in [-0.25, -0.2) is 9.97 Å². The lowest BCUT2D eigenvalue weighted by atomic mass is 10.1. The minimum Gasteiger partial charge on any atom is -0.384 e. The Morgan fingerprint density at radius 2 is 2.11 bits per heavy atom. The number of halogens is 3. The van der Waals surface area contributed by atoms with Gasteiger partial charge in [-0.2, -0.15) is 13.2 Å². The van der Waals surface area contributed by atoms with Crippen LogP contribution in [0.4, 0.5) is 24.8 Å². The summed E-state index contributed by atoms with van der Waals surface area (Å²) in [6.07, 6.45) is -0.372. The number of alkyl halides is 3. The van der Waals surface area contributed by atoms with E-state index in [1.54, 1.807) is 0 Å². The molecule has 0 bridgehead atoms. The molecule has 1 fully saturated rings. The van der Waals surface area contributed by atoms with E-state index in [2.05, 4.69) is 15.3 Å². The minimum absolute atomic E-state index is 0.128. The summed E-state index contributed by atoms with van der Waals surface area (Å²) in [5, 5.41) is 3.02. The summed E-state index contributed by atoms with van der Waals surface area (Å²) in [6.45, 7) is 2.00. The van der Waals surface area contributed by atoms with E-state index in [1.165, 1.54) is 18.9 Å². The Kier molecular flexibility index (Phi) is 3.82. The molecule has 0 spiro atoms. The highest BCUT2D eigenvalue weighted by Gasteiger charge is 2.35. The van der Waals surface area contributed by atoms with Crippen LogP contribution in [0.15, 0.2) is 6.07 Å². The second-order valence-corrected chi connectivity index (χ2v) is 4.93. The molecule has 0 aliphatic heterocycles. The molecule has 106 valence electrons. The van der Waals surface area contributed by atoms with Gasteiger partial charge >= 0.3 is 6.18 Å². The van der Waals surface area contributed by atoms with Crippen LogP contribution in [0.5, 0.6) is 0 Å². The zero-order valence-electron chi connectivity index (χ0n) is 10.7. The van der Waals surface area contributed by atoms with Crippen molar-refractivity contribution in [2.24, 2.45) is 5.92 Å². The zero-order valence-corrected chi connectivity index (χ0v) is 10.7. The first-order valence-electron chi connectivity index (χ1n) is 6.36. The van der Waals surface area contributed by atoms with E-state index in [0.717, 1.165) is 12.8 Å². The van der Waals surface area contributed by atoms with Gasteiger partial charge in [0.05, 0.1) is 0 Å². The molecule has 1 aromatic heterocycles. The van der Waals surface area contributed by atoms with Gasteiger partial charge in [-0.3, -0.25) is 0 Å². The predicted octanol–water partition coefficient (Wildman–Crippen LogP) is 3.07. The first kappa shape index (κ1) is 13.9. The molecule has 1 aliphatic carbocycles. The molecule has 1 saturated carbocycles. The first-order chi connectivity index (χ1) is 8.88. The first-order valence-corrected chi connectivity index (χ1v) is 6.36. The average Bonchev–Trinajstić information content (AvgIpc) is 3.10. The fraction of sp³-hybridized carbons (Fsp3) is 0.667. The molecule has 1 atom stereocenters. The third kappa shape index (κ3) is 3.97. The zero-order chi connectivity index (χ0) is 14.0. The molecule has 0 radical (unpaired) electrons. The average molecular weight is 274 g/mol. The molecule has 1 heterocycles. The summed E-state index contributed by atoms with van der Waals surface area (Å²) >= 11 is 0. The number of hydrogen-bond acceptors (Lipinski definition) is 4.